The fourth-order valence-corrected chi connectivity index (χ4v) is 1.97. The molecule has 0 saturated heterocycles. The maximum atomic E-state index is 10.9. The molecule has 4 heteroatoms. The van der Waals surface area contributed by atoms with E-state index in [4.69, 9.17) is 9.84 Å². The predicted octanol–water partition coefficient (Wildman–Crippen LogP) is 2.23. The molecule has 17 heavy (non-hydrogen) atoms. The van der Waals surface area contributed by atoms with Crippen molar-refractivity contribution in [1.82, 2.24) is 4.90 Å². The highest BCUT2D eigenvalue weighted by Gasteiger charge is 2.25. The molecule has 0 aliphatic rings. The van der Waals surface area contributed by atoms with Crippen LogP contribution in [0.5, 0.6) is 0 Å². The van der Waals surface area contributed by atoms with Gasteiger partial charge in [0.2, 0.25) is 0 Å². The van der Waals surface area contributed by atoms with E-state index < -0.39 is 5.97 Å². The SMILES string of the molecule is CCN(CC(C)C(=O)O)C(C)CC(C)(C)OC. The van der Waals surface area contributed by atoms with Gasteiger partial charge in [-0.2, -0.15) is 0 Å². The van der Waals surface area contributed by atoms with Crippen molar-refractivity contribution in [2.24, 2.45) is 5.92 Å². The average Bonchev–Trinajstić information content (AvgIpc) is 2.24. The third-order valence-corrected chi connectivity index (χ3v) is 3.30. The number of hydrogen-bond donors (Lipinski definition) is 1. The van der Waals surface area contributed by atoms with E-state index in [1.807, 2.05) is 0 Å². The summed E-state index contributed by atoms with van der Waals surface area (Å²) in [6.07, 6.45) is 0.893. The second-order valence-corrected chi connectivity index (χ2v) is 5.34. The number of rotatable bonds is 8. The van der Waals surface area contributed by atoms with Crippen LogP contribution in [0.3, 0.4) is 0 Å². The van der Waals surface area contributed by atoms with Crippen LogP contribution in [0.4, 0.5) is 0 Å². The van der Waals surface area contributed by atoms with Crippen molar-refractivity contribution in [2.75, 3.05) is 20.2 Å². The molecular formula is C13H27NO3. The third kappa shape index (κ3) is 6.03. The number of carboxylic acids is 1. The van der Waals surface area contributed by atoms with E-state index in [-0.39, 0.29) is 11.5 Å². The number of carboxylic acid groups (broad SMARTS) is 1. The van der Waals surface area contributed by atoms with E-state index in [2.05, 4.69) is 32.6 Å². The maximum Gasteiger partial charge on any atom is 0.307 e. The minimum Gasteiger partial charge on any atom is -0.481 e. The Balaban J connectivity index is 4.40. The van der Waals surface area contributed by atoms with Crippen molar-refractivity contribution in [3.05, 3.63) is 0 Å². The highest BCUT2D eigenvalue weighted by Crippen LogP contribution is 2.19. The Morgan fingerprint density at radius 2 is 1.94 bits per heavy atom. The lowest BCUT2D eigenvalue weighted by Crippen LogP contribution is -2.42. The Morgan fingerprint density at radius 1 is 1.41 bits per heavy atom. The summed E-state index contributed by atoms with van der Waals surface area (Å²) in [7, 11) is 1.71. The first-order valence-corrected chi connectivity index (χ1v) is 6.25. The number of nitrogens with zero attached hydrogens (tertiary/aromatic N) is 1. The van der Waals surface area contributed by atoms with Crippen molar-refractivity contribution < 1.29 is 14.6 Å². The van der Waals surface area contributed by atoms with E-state index in [1.54, 1.807) is 14.0 Å². The Bertz CT molecular complexity index is 241. The Kier molecular flexibility index (Phi) is 6.72. The van der Waals surface area contributed by atoms with Crippen LogP contribution in [0.15, 0.2) is 0 Å². The molecule has 2 atom stereocenters. The topological polar surface area (TPSA) is 49.8 Å². The smallest absolute Gasteiger partial charge is 0.307 e. The van der Waals surface area contributed by atoms with Gasteiger partial charge < -0.3 is 9.84 Å². The lowest BCUT2D eigenvalue weighted by molar-refractivity contribution is -0.142. The van der Waals surface area contributed by atoms with Crippen LogP contribution in [0.2, 0.25) is 0 Å². The molecular weight excluding hydrogens is 218 g/mol. The second kappa shape index (κ2) is 6.97. The Morgan fingerprint density at radius 3 is 2.29 bits per heavy atom. The molecule has 0 aromatic heterocycles. The van der Waals surface area contributed by atoms with Crippen molar-refractivity contribution in [2.45, 2.75) is 52.7 Å². The summed E-state index contributed by atoms with van der Waals surface area (Å²) in [6.45, 7) is 11.5. The predicted molar refractivity (Wildman–Crippen MR) is 69.2 cm³/mol. The number of hydrogen-bond acceptors (Lipinski definition) is 3. The summed E-state index contributed by atoms with van der Waals surface area (Å²) in [6, 6.07) is 0.316. The van der Waals surface area contributed by atoms with Gasteiger partial charge in [0.15, 0.2) is 0 Å². The summed E-state index contributed by atoms with van der Waals surface area (Å²) >= 11 is 0. The third-order valence-electron chi connectivity index (χ3n) is 3.30. The molecule has 1 N–H and O–H groups in total. The largest absolute Gasteiger partial charge is 0.481 e. The molecule has 0 aromatic rings. The van der Waals surface area contributed by atoms with Gasteiger partial charge in [-0.3, -0.25) is 9.69 Å². The van der Waals surface area contributed by atoms with Crippen molar-refractivity contribution >= 4 is 5.97 Å². The summed E-state index contributed by atoms with van der Waals surface area (Å²) < 4.78 is 5.41. The zero-order chi connectivity index (χ0) is 13.6. The number of methoxy groups -OCH3 is 1. The fraction of sp³-hybridized carbons (Fsp3) is 0.923. The normalized spacial score (nSPS) is 15.9. The van der Waals surface area contributed by atoms with Gasteiger partial charge in [0, 0.05) is 19.7 Å². The van der Waals surface area contributed by atoms with Crippen LogP contribution < -0.4 is 0 Å². The molecule has 102 valence electrons. The molecule has 0 aliphatic carbocycles. The van der Waals surface area contributed by atoms with Gasteiger partial charge in [0.05, 0.1) is 11.5 Å². The molecule has 0 aliphatic heterocycles. The van der Waals surface area contributed by atoms with E-state index >= 15 is 0 Å². The van der Waals surface area contributed by atoms with Gasteiger partial charge in [-0.1, -0.05) is 13.8 Å². The molecule has 0 amide bonds. The van der Waals surface area contributed by atoms with Gasteiger partial charge in [-0.15, -0.1) is 0 Å². The zero-order valence-corrected chi connectivity index (χ0v) is 12.0. The average molecular weight is 245 g/mol. The number of aliphatic carboxylic acids is 1. The van der Waals surface area contributed by atoms with Crippen LogP contribution in [-0.2, 0) is 9.53 Å². The maximum absolute atomic E-state index is 10.9. The molecule has 2 unspecified atom stereocenters. The molecule has 0 rings (SSSR count). The van der Waals surface area contributed by atoms with Crippen LogP contribution in [0.1, 0.15) is 41.0 Å². The van der Waals surface area contributed by atoms with Crippen LogP contribution >= 0.6 is 0 Å². The first kappa shape index (κ1) is 16.4. The molecule has 4 nitrogen and oxygen atoms in total. The van der Waals surface area contributed by atoms with Gasteiger partial charge >= 0.3 is 5.97 Å². The summed E-state index contributed by atoms with van der Waals surface area (Å²) in [4.78, 5) is 13.1. The van der Waals surface area contributed by atoms with Crippen LogP contribution in [0, 0.1) is 5.92 Å². The van der Waals surface area contributed by atoms with Crippen molar-refractivity contribution in [3.63, 3.8) is 0 Å². The number of ether oxygens (including phenoxy) is 1. The molecule has 0 spiro atoms. The minimum absolute atomic E-state index is 0.167. The summed E-state index contributed by atoms with van der Waals surface area (Å²) in [5, 5.41) is 8.94. The van der Waals surface area contributed by atoms with Crippen LogP contribution in [-0.4, -0.2) is 47.8 Å². The van der Waals surface area contributed by atoms with Crippen LogP contribution in [0.25, 0.3) is 0 Å². The lowest BCUT2D eigenvalue weighted by atomic mass is 9.98. The van der Waals surface area contributed by atoms with E-state index in [1.165, 1.54) is 0 Å². The van der Waals surface area contributed by atoms with Gasteiger partial charge in [-0.05, 0) is 33.7 Å². The van der Waals surface area contributed by atoms with Gasteiger partial charge in [0.1, 0.15) is 0 Å². The Hall–Kier alpha value is -0.610. The van der Waals surface area contributed by atoms with E-state index in [9.17, 15) is 4.79 Å². The van der Waals surface area contributed by atoms with Gasteiger partial charge in [-0.25, -0.2) is 0 Å². The Labute approximate surface area is 105 Å². The molecule has 0 heterocycles. The highest BCUT2D eigenvalue weighted by atomic mass is 16.5. The standard InChI is InChI=1S/C13H27NO3/c1-7-14(9-10(2)12(15)16)11(3)8-13(4,5)17-6/h10-11H,7-9H2,1-6H3,(H,15,16). The molecule has 0 saturated carbocycles. The van der Waals surface area contributed by atoms with Crippen molar-refractivity contribution in [1.29, 1.82) is 0 Å². The van der Waals surface area contributed by atoms with E-state index in [0.29, 0.717) is 12.6 Å². The molecule has 0 fully saturated rings. The second-order valence-electron chi connectivity index (χ2n) is 5.34. The molecule has 0 aromatic carbocycles. The lowest BCUT2D eigenvalue weighted by Gasteiger charge is -2.34. The first-order chi connectivity index (χ1) is 7.73. The number of carbonyl (C=O) groups is 1. The summed E-state index contributed by atoms with van der Waals surface area (Å²) in [5.41, 5.74) is -0.167. The minimum atomic E-state index is -0.735. The quantitative estimate of drug-likeness (QED) is 0.712. The monoisotopic (exact) mass is 245 g/mol. The first-order valence-electron chi connectivity index (χ1n) is 6.25. The molecule has 0 bridgehead atoms. The van der Waals surface area contributed by atoms with Gasteiger partial charge in [0.25, 0.3) is 0 Å². The zero-order valence-electron chi connectivity index (χ0n) is 12.0. The van der Waals surface area contributed by atoms with E-state index in [0.717, 1.165) is 13.0 Å². The fourth-order valence-electron chi connectivity index (χ4n) is 1.97. The molecule has 0 radical (unpaired) electrons. The summed E-state index contributed by atoms with van der Waals surface area (Å²) in [5.74, 6) is -1.07. The van der Waals surface area contributed by atoms with Crippen molar-refractivity contribution in [3.8, 4) is 0 Å². The highest BCUT2D eigenvalue weighted by molar-refractivity contribution is 5.69.